The van der Waals surface area contributed by atoms with E-state index in [2.05, 4.69) is 5.32 Å². The van der Waals surface area contributed by atoms with Gasteiger partial charge in [-0.2, -0.15) is 13.2 Å². The summed E-state index contributed by atoms with van der Waals surface area (Å²) in [4.78, 5) is 15.1. The van der Waals surface area contributed by atoms with E-state index in [0.29, 0.717) is 43.1 Å². The molecule has 38 heavy (non-hydrogen) atoms. The Morgan fingerprint density at radius 3 is 2.63 bits per heavy atom. The summed E-state index contributed by atoms with van der Waals surface area (Å²) in [6.45, 7) is 2.85. The maximum Gasteiger partial charge on any atom is 0.428 e. The number of fused-ring (bicyclic) bond motifs is 1. The molecule has 1 amide bonds. The first-order chi connectivity index (χ1) is 18.0. The van der Waals surface area contributed by atoms with Gasteiger partial charge in [0, 0.05) is 13.1 Å². The summed E-state index contributed by atoms with van der Waals surface area (Å²) in [6.07, 6.45) is -8.15. The monoisotopic (exact) mass is 538 g/mol. The van der Waals surface area contributed by atoms with Crippen LogP contribution in [-0.4, -0.2) is 71.9 Å². The molecule has 2 aromatic rings. The van der Waals surface area contributed by atoms with Crippen LogP contribution in [0.4, 0.5) is 13.2 Å². The van der Waals surface area contributed by atoms with Crippen molar-refractivity contribution >= 4 is 5.91 Å². The number of ether oxygens (including phenoxy) is 2. The van der Waals surface area contributed by atoms with E-state index in [1.54, 1.807) is 4.90 Å². The summed E-state index contributed by atoms with van der Waals surface area (Å²) in [6, 6.07) is 13.3. The SMILES string of the molecule is CC(O)(NCC1COCCN1C(=O)C1CCc2ccccc2O1)c1ccc(C(N)NC(O)C(F)(F)F)cc1. The van der Waals surface area contributed by atoms with Gasteiger partial charge in [0.05, 0.1) is 25.4 Å². The third kappa shape index (κ3) is 6.63. The van der Waals surface area contributed by atoms with Crippen molar-refractivity contribution in [3.8, 4) is 5.75 Å². The lowest BCUT2D eigenvalue weighted by Crippen LogP contribution is -2.58. The van der Waals surface area contributed by atoms with E-state index in [9.17, 15) is 23.1 Å². The number of nitrogens with zero attached hydrogens (tertiary/aromatic N) is 1. The van der Waals surface area contributed by atoms with Crippen LogP contribution in [0.1, 0.15) is 36.2 Å². The van der Waals surface area contributed by atoms with Crippen LogP contribution in [0, 0.1) is 0 Å². The molecular weight excluding hydrogens is 505 g/mol. The highest BCUT2D eigenvalue weighted by Crippen LogP contribution is 2.29. The van der Waals surface area contributed by atoms with Crippen LogP contribution in [-0.2, 0) is 21.7 Å². The van der Waals surface area contributed by atoms with Gasteiger partial charge in [0.2, 0.25) is 6.23 Å². The number of alkyl halides is 3. The minimum absolute atomic E-state index is 0.124. The third-order valence-corrected chi connectivity index (χ3v) is 6.87. The molecule has 0 bridgehead atoms. The van der Waals surface area contributed by atoms with E-state index in [0.717, 1.165) is 12.0 Å². The molecule has 12 heteroatoms. The van der Waals surface area contributed by atoms with E-state index in [1.807, 2.05) is 29.6 Å². The first kappa shape index (κ1) is 28.3. The quantitative estimate of drug-likeness (QED) is 0.320. The molecule has 0 spiro atoms. The van der Waals surface area contributed by atoms with Gasteiger partial charge in [-0.3, -0.25) is 15.4 Å². The number of carbonyl (C=O) groups is 1. The lowest BCUT2D eigenvalue weighted by atomic mass is 10.00. The Morgan fingerprint density at radius 1 is 1.21 bits per heavy atom. The van der Waals surface area contributed by atoms with Gasteiger partial charge in [0.15, 0.2) is 6.10 Å². The second-order valence-electron chi connectivity index (χ2n) is 9.68. The third-order valence-electron chi connectivity index (χ3n) is 6.87. The minimum atomic E-state index is -4.85. The van der Waals surface area contributed by atoms with Gasteiger partial charge in [-0.15, -0.1) is 0 Å². The summed E-state index contributed by atoms with van der Waals surface area (Å²) in [5.74, 6) is 0.593. The Bertz CT molecular complexity index is 1100. The highest BCUT2D eigenvalue weighted by Gasteiger charge is 2.39. The predicted molar refractivity (Wildman–Crippen MR) is 132 cm³/mol. The maximum absolute atomic E-state index is 13.4. The maximum atomic E-state index is 13.4. The zero-order chi connectivity index (χ0) is 27.5. The Hall–Kier alpha value is -2.74. The van der Waals surface area contributed by atoms with Crippen molar-refractivity contribution in [1.29, 1.82) is 0 Å². The van der Waals surface area contributed by atoms with E-state index in [-0.39, 0.29) is 18.5 Å². The second-order valence-corrected chi connectivity index (χ2v) is 9.68. The Labute approximate surface area is 218 Å². The van der Waals surface area contributed by atoms with E-state index >= 15 is 0 Å². The number of hydrogen-bond acceptors (Lipinski definition) is 8. The van der Waals surface area contributed by atoms with Crippen molar-refractivity contribution in [3.05, 3.63) is 65.2 Å². The van der Waals surface area contributed by atoms with Gasteiger partial charge in [-0.25, -0.2) is 0 Å². The standard InChI is InChI=1S/C26H33F3N4O5/c1-25(36,18-9-6-17(7-10-18)22(30)32-24(35)26(27,28)29)31-14-19-15-37-13-12-33(19)23(34)21-11-8-16-4-2-3-5-20(16)38-21/h2-7,9-10,19,21-22,24,31-32,35-36H,8,11-15,30H2,1H3. The molecule has 2 aliphatic rings. The minimum Gasteiger partial charge on any atom is -0.480 e. The number of benzene rings is 2. The number of aliphatic hydroxyl groups is 2. The van der Waals surface area contributed by atoms with Crippen LogP contribution >= 0.6 is 0 Å². The number of aliphatic hydroxyl groups excluding tert-OH is 1. The van der Waals surface area contributed by atoms with Crippen LogP contribution < -0.4 is 21.1 Å². The molecule has 2 aromatic carbocycles. The van der Waals surface area contributed by atoms with Crippen molar-refractivity contribution < 1.29 is 37.7 Å². The molecule has 0 aliphatic carbocycles. The van der Waals surface area contributed by atoms with E-state index in [1.165, 1.54) is 31.2 Å². The molecule has 1 saturated heterocycles. The van der Waals surface area contributed by atoms with Crippen LogP contribution in [0.2, 0.25) is 0 Å². The molecule has 5 atom stereocenters. The van der Waals surface area contributed by atoms with Crippen LogP contribution in [0.25, 0.3) is 0 Å². The van der Waals surface area contributed by atoms with Gasteiger partial charge in [0.1, 0.15) is 11.5 Å². The smallest absolute Gasteiger partial charge is 0.428 e. The molecule has 5 unspecified atom stereocenters. The summed E-state index contributed by atoms with van der Waals surface area (Å²) in [5, 5.41) is 25.2. The zero-order valence-corrected chi connectivity index (χ0v) is 20.9. The highest BCUT2D eigenvalue weighted by molar-refractivity contribution is 5.82. The van der Waals surface area contributed by atoms with Crippen molar-refractivity contribution in [2.45, 2.75) is 56.2 Å². The van der Waals surface area contributed by atoms with E-state index in [4.69, 9.17) is 20.3 Å². The van der Waals surface area contributed by atoms with Gasteiger partial charge >= 0.3 is 6.18 Å². The van der Waals surface area contributed by atoms with Crippen molar-refractivity contribution in [1.82, 2.24) is 15.5 Å². The zero-order valence-electron chi connectivity index (χ0n) is 20.9. The largest absolute Gasteiger partial charge is 0.480 e. The summed E-state index contributed by atoms with van der Waals surface area (Å²) >= 11 is 0. The number of nitrogens with one attached hydrogen (secondary N) is 2. The molecule has 208 valence electrons. The summed E-state index contributed by atoms with van der Waals surface area (Å²) in [5.41, 5.74) is 6.01. The van der Waals surface area contributed by atoms with Crippen molar-refractivity contribution in [2.75, 3.05) is 26.3 Å². The topological polar surface area (TPSA) is 129 Å². The van der Waals surface area contributed by atoms with Crippen LogP contribution in [0.3, 0.4) is 0 Å². The Morgan fingerprint density at radius 2 is 1.92 bits per heavy atom. The average Bonchev–Trinajstić information content (AvgIpc) is 2.91. The normalized spacial score (nSPS) is 23.1. The van der Waals surface area contributed by atoms with Crippen LogP contribution in [0.5, 0.6) is 5.75 Å². The number of nitrogens with two attached hydrogens (primary N) is 1. The Balaban J connectivity index is 1.36. The summed E-state index contributed by atoms with van der Waals surface area (Å²) < 4.78 is 49.3. The molecule has 4 rings (SSSR count). The number of para-hydroxylation sites is 1. The fourth-order valence-electron chi connectivity index (χ4n) is 4.59. The summed E-state index contributed by atoms with van der Waals surface area (Å²) in [7, 11) is 0. The lowest BCUT2D eigenvalue weighted by molar-refractivity contribution is -0.216. The molecule has 2 heterocycles. The molecule has 6 N–H and O–H groups in total. The van der Waals surface area contributed by atoms with Crippen LogP contribution in [0.15, 0.2) is 48.5 Å². The number of morpholine rings is 1. The lowest BCUT2D eigenvalue weighted by Gasteiger charge is -2.40. The molecule has 0 saturated carbocycles. The molecule has 0 aromatic heterocycles. The molecule has 2 aliphatic heterocycles. The second kappa shape index (κ2) is 11.6. The fourth-order valence-corrected chi connectivity index (χ4v) is 4.59. The number of rotatable bonds is 8. The first-order valence-electron chi connectivity index (χ1n) is 12.4. The van der Waals surface area contributed by atoms with Gasteiger partial charge < -0.3 is 30.3 Å². The molecular formula is C26H33F3N4O5. The van der Waals surface area contributed by atoms with Gasteiger partial charge in [-0.05, 0) is 42.5 Å². The average molecular weight is 539 g/mol. The number of carbonyl (C=O) groups excluding carboxylic acids is 1. The van der Waals surface area contributed by atoms with Crippen molar-refractivity contribution in [3.63, 3.8) is 0 Å². The first-order valence-corrected chi connectivity index (χ1v) is 12.4. The fraction of sp³-hybridized carbons (Fsp3) is 0.500. The number of hydrogen-bond donors (Lipinski definition) is 5. The molecule has 1 fully saturated rings. The van der Waals surface area contributed by atoms with Gasteiger partial charge in [-0.1, -0.05) is 42.5 Å². The molecule has 9 nitrogen and oxygen atoms in total. The highest BCUT2D eigenvalue weighted by atomic mass is 19.4. The number of aryl methyl sites for hydroxylation is 1. The van der Waals surface area contributed by atoms with Crippen molar-refractivity contribution in [2.24, 2.45) is 5.73 Å². The number of halogens is 3. The molecule has 0 radical (unpaired) electrons. The predicted octanol–water partition coefficient (Wildman–Crippen LogP) is 1.49. The Kier molecular flexibility index (Phi) is 8.60. The van der Waals surface area contributed by atoms with E-state index < -0.39 is 30.4 Å². The van der Waals surface area contributed by atoms with Gasteiger partial charge in [0.25, 0.3) is 5.91 Å². The number of amides is 1.